The predicted molar refractivity (Wildman–Crippen MR) is 65.5 cm³/mol. The molecule has 1 amide bonds. The zero-order valence-corrected chi connectivity index (χ0v) is 10.4. The van der Waals surface area contributed by atoms with Gasteiger partial charge in [-0.1, -0.05) is 0 Å². The highest BCUT2D eigenvalue weighted by Gasteiger charge is 2.16. The fraction of sp³-hybridized carbons (Fsp3) is 0.300. The van der Waals surface area contributed by atoms with Crippen molar-refractivity contribution in [2.45, 2.75) is 6.54 Å². The molecular weight excluding hydrogens is 238 g/mol. The summed E-state index contributed by atoms with van der Waals surface area (Å²) < 4.78 is 1.87. The van der Waals surface area contributed by atoms with Crippen LogP contribution < -0.4 is 5.73 Å². The lowest BCUT2D eigenvalue weighted by molar-refractivity contribution is 0.0775. The summed E-state index contributed by atoms with van der Waals surface area (Å²) in [5.74, 6) is 0.671. The van der Waals surface area contributed by atoms with Crippen molar-refractivity contribution in [2.75, 3.05) is 12.8 Å². The monoisotopic (exact) mass is 251 g/mol. The first-order valence-corrected chi connectivity index (χ1v) is 5.88. The molecule has 0 aromatic carbocycles. The lowest BCUT2D eigenvalue weighted by Crippen LogP contribution is -2.27. The van der Waals surface area contributed by atoms with Gasteiger partial charge in [-0.3, -0.25) is 4.79 Å². The molecule has 0 spiro atoms. The Morgan fingerprint density at radius 2 is 2.41 bits per heavy atom. The zero-order chi connectivity index (χ0) is 12.4. The van der Waals surface area contributed by atoms with Gasteiger partial charge in [0.15, 0.2) is 5.13 Å². The Kier molecular flexibility index (Phi) is 3.10. The third-order valence-electron chi connectivity index (χ3n) is 2.39. The molecule has 2 heterocycles. The molecule has 0 saturated carbocycles. The summed E-state index contributed by atoms with van der Waals surface area (Å²) in [6.45, 7) is 0.444. The molecule has 0 radical (unpaired) electrons. The molecule has 2 rings (SSSR count). The van der Waals surface area contributed by atoms with Gasteiger partial charge in [0, 0.05) is 31.9 Å². The maximum Gasteiger partial charge on any atom is 0.273 e. The number of nitrogen functional groups attached to an aromatic ring is 1. The number of anilines is 1. The van der Waals surface area contributed by atoms with Gasteiger partial charge in [-0.15, -0.1) is 11.3 Å². The molecule has 0 aliphatic heterocycles. The second-order valence-electron chi connectivity index (χ2n) is 3.69. The molecule has 17 heavy (non-hydrogen) atoms. The van der Waals surface area contributed by atoms with Gasteiger partial charge >= 0.3 is 0 Å². The third kappa shape index (κ3) is 2.44. The molecule has 7 heteroatoms. The first kappa shape index (κ1) is 11.6. The zero-order valence-electron chi connectivity index (χ0n) is 9.62. The molecule has 0 atom stereocenters. The van der Waals surface area contributed by atoms with E-state index in [-0.39, 0.29) is 5.91 Å². The number of rotatable bonds is 3. The lowest BCUT2D eigenvalue weighted by Gasteiger charge is -2.15. The molecule has 2 N–H and O–H groups in total. The van der Waals surface area contributed by atoms with E-state index in [0.717, 1.165) is 5.82 Å². The lowest BCUT2D eigenvalue weighted by atomic mass is 10.4. The number of hydrogen-bond donors (Lipinski definition) is 1. The van der Waals surface area contributed by atoms with Gasteiger partial charge in [0.2, 0.25) is 0 Å². The largest absolute Gasteiger partial charge is 0.375 e. The van der Waals surface area contributed by atoms with E-state index in [1.807, 2.05) is 17.8 Å². The van der Waals surface area contributed by atoms with E-state index >= 15 is 0 Å². The highest BCUT2D eigenvalue weighted by Crippen LogP contribution is 2.13. The molecule has 0 unspecified atom stereocenters. The maximum absolute atomic E-state index is 12.0. The molecule has 2 aromatic rings. The van der Waals surface area contributed by atoms with Crippen LogP contribution in [0.5, 0.6) is 0 Å². The number of aromatic nitrogens is 3. The van der Waals surface area contributed by atoms with Crippen LogP contribution >= 0.6 is 11.3 Å². The Balaban J connectivity index is 2.08. The summed E-state index contributed by atoms with van der Waals surface area (Å²) in [6, 6.07) is 0. The van der Waals surface area contributed by atoms with Crippen LogP contribution in [-0.2, 0) is 13.6 Å². The van der Waals surface area contributed by atoms with Gasteiger partial charge in [0.1, 0.15) is 11.5 Å². The first-order chi connectivity index (χ1) is 8.08. The normalized spacial score (nSPS) is 10.5. The van der Waals surface area contributed by atoms with Crippen LogP contribution in [-0.4, -0.2) is 32.4 Å². The van der Waals surface area contributed by atoms with E-state index in [2.05, 4.69) is 9.97 Å². The average molecular weight is 251 g/mol. The van der Waals surface area contributed by atoms with Gasteiger partial charge in [-0.25, -0.2) is 9.97 Å². The van der Waals surface area contributed by atoms with Crippen LogP contribution in [0.25, 0.3) is 0 Å². The minimum Gasteiger partial charge on any atom is -0.375 e. The second kappa shape index (κ2) is 4.54. The highest BCUT2D eigenvalue weighted by atomic mass is 32.1. The molecule has 0 saturated heterocycles. The number of carbonyl (C=O) groups is 1. The Morgan fingerprint density at radius 3 is 2.94 bits per heavy atom. The van der Waals surface area contributed by atoms with Crippen LogP contribution in [0.2, 0.25) is 0 Å². The summed E-state index contributed by atoms with van der Waals surface area (Å²) in [5, 5.41) is 2.06. The molecular formula is C10H13N5OS. The van der Waals surface area contributed by atoms with Crippen LogP contribution in [0.4, 0.5) is 5.13 Å². The molecule has 0 bridgehead atoms. The second-order valence-corrected chi connectivity index (χ2v) is 4.58. The van der Waals surface area contributed by atoms with E-state index in [1.165, 1.54) is 11.3 Å². The van der Waals surface area contributed by atoms with Crippen molar-refractivity contribution in [2.24, 2.45) is 7.05 Å². The van der Waals surface area contributed by atoms with Gasteiger partial charge in [0.25, 0.3) is 5.91 Å². The van der Waals surface area contributed by atoms with Crippen molar-refractivity contribution >= 4 is 22.4 Å². The number of imidazole rings is 1. The van der Waals surface area contributed by atoms with Crippen molar-refractivity contribution in [3.63, 3.8) is 0 Å². The van der Waals surface area contributed by atoms with Gasteiger partial charge in [-0.2, -0.15) is 0 Å². The van der Waals surface area contributed by atoms with Crippen LogP contribution in [0.15, 0.2) is 17.8 Å². The van der Waals surface area contributed by atoms with Gasteiger partial charge < -0.3 is 15.2 Å². The molecule has 90 valence electrons. The van der Waals surface area contributed by atoms with Gasteiger partial charge in [0.05, 0.1) is 6.54 Å². The summed E-state index contributed by atoms with van der Waals surface area (Å²) in [4.78, 5) is 21.7. The number of nitrogens with zero attached hydrogens (tertiary/aromatic N) is 4. The summed E-state index contributed by atoms with van der Waals surface area (Å²) >= 11 is 1.26. The molecule has 0 fully saturated rings. The number of hydrogen-bond acceptors (Lipinski definition) is 5. The van der Waals surface area contributed by atoms with Crippen molar-refractivity contribution in [3.05, 3.63) is 29.3 Å². The van der Waals surface area contributed by atoms with Crippen LogP contribution in [0, 0.1) is 0 Å². The summed E-state index contributed by atoms with van der Waals surface area (Å²) in [5.41, 5.74) is 5.88. The Bertz CT molecular complexity index is 532. The van der Waals surface area contributed by atoms with E-state index in [4.69, 9.17) is 5.73 Å². The third-order valence-corrected chi connectivity index (χ3v) is 3.06. The first-order valence-electron chi connectivity index (χ1n) is 5.00. The smallest absolute Gasteiger partial charge is 0.273 e. The summed E-state index contributed by atoms with van der Waals surface area (Å²) in [6.07, 6.45) is 3.54. The maximum atomic E-state index is 12.0. The van der Waals surface area contributed by atoms with Crippen molar-refractivity contribution in [3.8, 4) is 0 Å². The number of carbonyl (C=O) groups excluding carboxylic acids is 1. The minimum atomic E-state index is -0.152. The predicted octanol–water partition coefficient (Wildman–Crippen LogP) is 0.731. The Labute approximate surface area is 103 Å². The quantitative estimate of drug-likeness (QED) is 0.872. The number of nitrogens with two attached hydrogens (primary N) is 1. The molecule has 0 aliphatic rings. The van der Waals surface area contributed by atoms with Crippen LogP contribution in [0.1, 0.15) is 16.3 Å². The van der Waals surface area contributed by atoms with E-state index in [0.29, 0.717) is 17.4 Å². The van der Waals surface area contributed by atoms with E-state index in [9.17, 15) is 4.79 Å². The SMILES string of the molecule is CN(Cc1nccn1C)C(=O)c1csc(N)n1. The average Bonchev–Trinajstić information content (AvgIpc) is 2.88. The van der Waals surface area contributed by atoms with E-state index in [1.54, 1.807) is 23.5 Å². The molecule has 0 aliphatic carbocycles. The van der Waals surface area contributed by atoms with Crippen LogP contribution in [0.3, 0.4) is 0 Å². The van der Waals surface area contributed by atoms with Crippen molar-refractivity contribution in [1.29, 1.82) is 0 Å². The number of amides is 1. The topological polar surface area (TPSA) is 77.0 Å². The van der Waals surface area contributed by atoms with Crippen molar-refractivity contribution < 1.29 is 4.79 Å². The van der Waals surface area contributed by atoms with Gasteiger partial charge in [-0.05, 0) is 0 Å². The number of thiazole rings is 1. The Morgan fingerprint density at radius 1 is 1.65 bits per heavy atom. The Hall–Kier alpha value is -1.89. The minimum absolute atomic E-state index is 0.152. The summed E-state index contributed by atoms with van der Waals surface area (Å²) in [7, 11) is 3.61. The fourth-order valence-electron chi connectivity index (χ4n) is 1.41. The molecule has 6 nitrogen and oxygen atoms in total. The standard InChI is InChI=1S/C10H13N5OS/c1-14-4-3-12-8(14)5-15(2)9(16)7-6-17-10(11)13-7/h3-4,6H,5H2,1-2H3,(H2,11,13). The fourth-order valence-corrected chi connectivity index (χ4v) is 1.95. The highest BCUT2D eigenvalue weighted by molar-refractivity contribution is 7.13. The molecule has 2 aromatic heterocycles. The van der Waals surface area contributed by atoms with E-state index < -0.39 is 0 Å². The number of aryl methyl sites for hydroxylation is 1. The van der Waals surface area contributed by atoms with Crippen molar-refractivity contribution in [1.82, 2.24) is 19.4 Å².